The highest BCUT2D eigenvalue weighted by Gasteiger charge is 2.08. The van der Waals surface area contributed by atoms with Crippen molar-refractivity contribution in [3.63, 3.8) is 0 Å². The van der Waals surface area contributed by atoms with Gasteiger partial charge in [0.05, 0.1) is 5.69 Å². The first-order chi connectivity index (χ1) is 12.1. The van der Waals surface area contributed by atoms with Gasteiger partial charge in [0, 0.05) is 28.8 Å². The van der Waals surface area contributed by atoms with E-state index in [1.807, 2.05) is 68.4 Å². The summed E-state index contributed by atoms with van der Waals surface area (Å²) in [7, 11) is 0. The Labute approximate surface area is 152 Å². The Hall–Kier alpha value is -2.47. The summed E-state index contributed by atoms with van der Waals surface area (Å²) < 4.78 is 0. The lowest BCUT2D eigenvalue weighted by atomic mass is 10.2. The quantitative estimate of drug-likeness (QED) is 0.661. The minimum absolute atomic E-state index is 0.0215. The van der Waals surface area contributed by atoms with Gasteiger partial charge in [-0.1, -0.05) is 55.9 Å². The number of urea groups is 1. The molecule has 0 aromatic heterocycles. The van der Waals surface area contributed by atoms with Crippen molar-refractivity contribution in [2.45, 2.75) is 23.6 Å². The second kappa shape index (κ2) is 9.74. The zero-order valence-corrected chi connectivity index (χ0v) is 15.2. The van der Waals surface area contributed by atoms with E-state index in [1.165, 1.54) is 0 Å². The minimum Gasteiger partial charge on any atom is -0.354 e. The van der Waals surface area contributed by atoms with E-state index in [1.54, 1.807) is 11.8 Å². The Morgan fingerprint density at radius 2 is 1.56 bits per heavy atom. The molecular weight excluding hydrogens is 334 g/mol. The van der Waals surface area contributed by atoms with Crippen LogP contribution in [0, 0.1) is 5.92 Å². The fraction of sp³-hybridized carbons (Fsp3) is 0.263. The fourth-order valence-electron chi connectivity index (χ4n) is 2.01. The van der Waals surface area contributed by atoms with Gasteiger partial charge in [0.25, 0.3) is 0 Å². The average Bonchev–Trinajstić information content (AvgIpc) is 2.61. The molecule has 0 bridgehead atoms. The first-order valence-electron chi connectivity index (χ1n) is 8.21. The zero-order chi connectivity index (χ0) is 18.1. The van der Waals surface area contributed by atoms with Crippen LogP contribution < -0.4 is 16.0 Å². The highest BCUT2D eigenvalue weighted by atomic mass is 32.2. The molecule has 0 saturated heterocycles. The Balaban J connectivity index is 1.85. The van der Waals surface area contributed by atoms with E-state index in [9.17, 15) is 9.59 Å². The van der Waals surface area contributed by atoms with Crippen LogP contribution in [-0.2, 0) is 4.79 Å². The summed E-state index contributed by atoms with van der Waals surface area (Å²) in [5.74, 6) is -0.0810. The van der Waals surface area contributed by atoms with E-state index in [0.717, 1.165) is 15.5 Å². The molecule has 0 radical (unpaired) electrons. The Bertz CT molecular complexity index is 705. The van der Waals surface area contributed by atoms with E-state index in [2.05, 4.69) is 16.0 Å². The Morgan fingerprint density at radius 3 is 2.28 bits per heavy atom. The van der Waals surface area contributed by atoms with E-state index in [0.29, 0.717) is 13.1 Å². The molecule has 3 amide bonds. The molecule has 6 heteroatoms. The predicted molar refractivity (Wildman–Crippen MR) is 102 cm³/mol. The maximum atomic E-state index is 12.1. The van der Waals surface area contributed by atoms with Gasteiger partial charge in [-0.2, -0.15) is 0 Å². The van der Waals surface area contributed by atoms with Crippen LogP contribution in [0.3, 0.4) is 0 Å². The van der Waals surface area contributed by atoms with E-state index in [4.69, 9.17) is 0 Å². The summed E-state index contributed by atoms with van der Waals surface area (Å²) in [4.78, 5) is 25.6. The number of hydrogen-bond donors (Lipinski definition) is 3. The zero-order valence-electron chi connectivity index (χ0n) is 14.4. The van der Waals surface area contributed by atoms with Crippen molar-refractivity contribution in [1.82, 2.24) is 10.6 Å². The van der Waals surface area contributed by atoms with Crippen molar-refractivity contribution in [3.8, 4) is 0 Å². The minimum atomic E-state index is -0.292. The molecule has 2 aromatic carbocycles. The van der Waals surface area contributed by atoms with Crippen LogP contribution >= 0.6 is 11.8 Å². The number of amides is 3. The summed E-state index contributed by atoms with van der Waals surface area (Å²) in [6.07, 6.45) is 0. The van der Waals surface area contributed by atoms with Crippen LogP contribution in [0.15, 0.2) is 64.4 Å². The molecule has 5 nitrogen and oxygen atoms in total. The largest absolute Gasteiger partial charge is 0.354 e. The van der Waals surface area contributed by atoms with Gasteiger partial charge in [0.1, 0.15) is 0 Å². The van der Waals surface area contributed by atoms with E-state index >= 15 is 0 Å². The van der Waals surface area contributed by atoms with Gasteiger partial charge >= 0.3 is 6.03 Å². The van der Waals surface area contributed by atoms with Crippen LogP contribution in [-0.4, -0.2) is 25.0 Å². The van der Waals surface area contributed by atoms with E-state index < -0.39 is 0 Å². The highest BCUT2D eigenvalue weighted by Crippen LogP contribution is 2.32. The molecule has 0 saturated carbocycles. The van der Waals surface area contributed by atoms with Gasteiger partial charge in [-0.3, -0.25) is 4.79 Å². The van der Waals surface area contributed by atoms with E-state index in [-0.39, 0.29) is 17.9 Å². The van der Waals surface area contributed by atoms with Crippen LogP contribution in [0.1, 0.15) is 13.8 Å². The molecule has 2 aromatic rings. The number of para-hydroxylation sites is 1. The summed E-state index contributed by atoms with van der Waals surface area (Å²) in [5.41, 5.74) is 0.750. The second-order valence-corrected chi connectivity index (χ2v) is 6.85. The van der Waals surface area contributed by atoms with Crippen LogP contribution in [0.5, 0.6) is 0 Å². The van der Waals surface area contributed by atoms with Gasteiger partial charge in [-0.15, -0.1) is 0 Å². The van der Waals surface area contributed by atoms with Gasteiger partial charge in [-0.05, 0) is 24.3 Å². The molecular formula is C19H23N3O2S. The highest BCUT2D eigenvalue weighted by molar-refractivity contribution is 7.99. The monoisotopic (exact) mass is 357 g/mol. The average molecular weight is 357 g/mol. The number of benzene rings is 2. The number of carbonyl (C=O) groups is 2. The van der Waals surface area contributed by atoms with Crippen molar-refractivity contribution >= 4 is 29.4 Å². The number of hydrogen-bond acceptors (Lipinski definition) is 3. The number of carbonyl (C=O) groups excluding carboxylic acids is 2. The first-order valence-corrected chi connectivity index (χ1v) is 9.02. The molecule has 0 spiro atoms. The summed E-state index contributed by atoms with van der Waals surface area (Å²) in [6, 6.07) is 17.4. The topological polar surface area (TPSA) is 70.2 Å². The molecule has 0 aliphatic heterocycles. The standard InChI is InChI=1S/C19H23N3O2S/c1-14(2)18(23)20-12-13-21-19(24)22-16-10-6-7-11-17(16)25-15-8-4-3-5-9-15/h3-11,14H,12-13H2,1-2H3,(H,20,23)(H2,21,22,24). The van der Waals surface area contributed by atoms with Crippen molar-refractivity contribution < 1.29 is 9.59 Å². The third kappa shape index (κ3) is 6.51. The third-order valence-electron chi connectivity index (χ3n) is 3.34. The fourth-order valence-corrected chi connectivity index (χ4v) is 2.93. The SMILES string of the molecule is CC(C)C(=O)NCCNC(=O)Nc1ccccc1Sc1ccccc1. The number of nitrogens with one attached hydrogen (secondary N) is 3. The second-order valence-electron chi connectivity index (χ2n) is 5.74. The van der Waals surface area contributed by atoms with Crippen LogP contribution in [0.2, 0.25) is 0 Å². The number of anilines is 1. The lowest BCUT2D eigenvalue weighted by molar-refractivity contribution is -0.123. The van der Waals surface area contributed by atoms with Crippen LogP contribution in [0.25, 0.3) is 0 Å². The Kier molecular flexibility index (Phi) is 7.35. The van der Waals surface area contributed by atoms with Gasteiger partial charge in [0.2, 0.25) is 5.91 Å². The number of rotatable bonds is 7. The van der Waals surface area contributed by atoms with Crippen molar-refractivity contribution in [2.75, 3.05) is 18.4 Å². The molecule has 0 fully saturated rings. The van der Waals surface area contributed by atoms with Gasteiger partial charge in [0.15, 0.2) is 0 Å². The normalized spacial score (nSPS) is 10.4. The molecule has 25 heavy (non-hydrogen) atoms. The molecule has 0 aliphatic carbocycles. The lowest BCUT2D eigenvalue weighted by Gasteiger charge is -2.12. The molecule has 0 heterocycles. The van der Waals surface area contributed by atoms with Crippen molar-refractivity contribution in [2.24, 2.45) is 5.92 Å². The molecule has 3 N–H and O–H groups in total. The molecule has 0 aliphatic rings. The smallest absolute Gasteiger partial charge is 0.319 e. The lowest BCUT2D eigenvalue weighted by Crippen LogP contribution is -2.38. The van der Waals surface area contributed by atoms with Gasteiger partial charge in [-0.25, -0.2) is 4.79 Å². The van der Waals surface area contributed by atoms with Crippen molar-refractivity contribution in [3.05, 3.63) is 54.6 Å². The molecule has 132 valence electrons. The van der Waals surface area contributed by atoms with Gasteiger partial charge < -0.3 is 16.0 Å². The molecule has 0 atom stereocenters. The maximum absolute atomic E-state index is 12.1. The third-order valence-corrected chi connectivity index (χ3v) is 4.42. The first kappa shape index (κ1) is 18.9. The summed E-state index contributed by atoms with van der Waals surface area (Å²) in [5, 5.41) is 8.36. The van der Waals surface area contributed by atoms with Crippen molar-refractivity contribution in [1.29, 1.82) is 0 Å². The summed E-state index contributed by atoms with van der Waals surface area (Å²) >= 11 is 1.59. The van der Waals surface area contributed by atoms with Crippen LogP contribution in [0.4, 0.5) is 10.5 Å². The molecule has 2 rings (SSSR count). The summed E-state index contributed by atoms with van der Waals surface area (Å²) in [6.45, 7) is 4.44. The predicted octanol–water partition coefficient (Wildman–Crippen LogP) is 3.73. The Morgan fingerprint density at radius 1 is 0.920 bits per heavy atom. The maximum Gasteiger partial charge on any atom is 0.319 e. The molecule has 0 unspecified atom stereocenters.